The van der Waals surface area contributed by atoms with E-state index >= 15 is 0 Å². The molecule has 5 heteroatoms. The monoisotopic (exact) mass is 305 g/mol. The van der Waals surface area contributed by atoms with E-state index < -0.39 is 0 Å². The van der Waals surface area contributed by atoms with Crippen molar-refractivity contribution in [1.29, 1.82) is 0 Å². The summed E-state index contributed by atoms with van der Waals surface area (Å²) in [5, 5.41) is 3.23. The second kappa shape index (κ2) is 6.23. The Morgan fingerprint density at radius 1 is 1.62 bits per heavy atom. The van der Waals surface area contributed by atoms with Crippen molar-refractivity contribution in [2.24, 2.45) is 0 Å². The van der Waals surface area contributed by atoms with Crippen molar-refractivity contribution in [2.75, 3.05) is 13.7 Å². The van der Waals surface area contributed by atoms with Crippen LogP contribution in [0.2, 0.25) is 5.02 Å². The summed E-state index contributed by atoms with van der Waals surface area (Å²) in [6.07, 6.45) is 0. The van der Waals surface area contributed by atoms with Gasteiger partial charge in [-0.2, -0.15) is 0 Å². The average molecular weight is 307 g/mol. The second-order valence-electron chi connectivity index (χ2n) is 3.45. The summed E-state index contributed by atoms with van der Waals surface area (Å²) in [7, 11) is 1.59. The van der Waals surface area contributed by atoms with Gasteiger partial charge in [0.2, 0.25) is 0 Å². The number of rotatable bonds is 4. The first-order valence-corrected chi connectivity index (χ1v) is 5.96. The van der Waals surface area contributed by atoms with Crippen LogP contribution in [0.25, 0.3) is 0 Å². The number of benzene rings is 1. The fraction of sp³-hybridized carbons (Fsp3) is 0.364. The molecule has 1 amide bonds. The molecule has 88 valence electrons. The summed E-state index contributed by atoms with van der Waals surface area (Å²) in [4.78, 5) is 11.8. The van der Waals surface area contributed by atoms with Gasteiger partial charge in [-0.05, 0) is 25.1 Å². The van der Waals surface area contributed by atoms with Crippen LogP contribution in [0.4, 0.5) is 0 Å². The van der Waals surface area contributed by atoms with Crippen molar-refractivity contribution < 1.29 is 9.53 Å². The highest BCUT2D eigenvalue weighted by Crippen LogP contribution is 2.20. The fourth-order valence-electron chi connectivity index (χ4n) is 1.26. The van der Waals surface area contributed by atoms with Crippen LogP contribution < -0.4 is 5.32 Å². The number of hydrogen-bond acceptors (Lipinski definition) is 2. The van der Waals surface area contributed by atoms with Gasteiger partial charge in [0.05, 0.1) is 17.2 Å². The first-order valence-electron chi connectivity index (χ1n) is 4.79. The predicted octanol–water partition coefficient (Wildman–Crippen LogP) is 2.87. The lowest BCUT2D eigenvalue weighted by atomic mass is 10.2. The van der Waals surface area contributed by atoms with E-state index in [9.17, 15) is 4.79 Å². The molecular weight excluding hydrogens is 293 g/mol. The standard InChI is InChI=1S/C11H13BrClNO2/c1-7(6-16-2)14-11(15)9-5-8(12)3-4-10(9)13/h3-5,7H,6H2,1-2H3,(H,14,15). The van der Waals surface area contributed by atoms with Crippen molar-refractivity contribution in [3.05, 3.63) is 33.3 Å². The van der Waals surface area contributed by atoms with Gasteiger partial charge < -0.3 is 10.1 Å². The molecule has 16 heavy (non-hydrogen) atoms. The van der Waals surface area contributed by atoms with E-state index in [0.29, 0.717) is 17.2 Å². The first-order chi connectivity index (χ1) is 7.54. The molecule has 0 aromatic heterocycles. The SMILES string of the molecule is COCC(C)NC(=O)c1cc(Br)ccc1Cl. The van der Waals surface area contributed by atoms with Crippen molar-refractivity contribution in [3.63, 3.8) is 0 Å². The largest absolute Gasteiger partial charge is 0.383 e. The van der Waals surface area contributed by atoms with Gasteiger partial charge in [-0.15, -0.1) is 0 Å². The Hall–Kier alpha value is -0.580. The van der Waals surface area contributed by atoms with Crippen LogP contribution in [0.1, 0.15) is 17.3 Å². The zero-order valence-corrected chi connectivity index (χ0v) is 11.4. The van der Waals surface area contributed by atoms with E-state index in [-0.39, 0.29) is 11.9 Å². The van der Waals surface area contributed by atoms with Gasteiger partial charge >= 0.3 is 0 Å². The van der Waals surface area contributed by atoms with Gasteiger partial charge in [0.1, 0.15) is 0 Å². The molecule has 1 N–H and O–H groups in total. The van der Waals surface area contributed by atoms with Gasteiger partial charge in [-0.1, -0.05) is 27.5 Å². The Bertz CT molecular complexity index is 384. The van der Waals surface area contributed by atoms with E-state index in [2.05, 4.69) is 21.2 Å². The van der Waals surface area contributed by atoms with E-state index in [1.165, 1.54) is 0 Å². The molecule has 3 nitrogen and oxygen atoms in total. The summed E-state index contributed by atoms with van der Waals surface area (Å²) in [5.41, 5.74) is 0.457. The van der Waals surface area contributed by atoms with Crippen LogP contribution in [0.5, 0.6) is 0 Å². The van der Waals surface area contributed by atoms with Crippen molar-refractivity contribution in [2.45, 2.75) is 13.0 Å². The Kier molecular flexibility index (Phi) is 5.25. The summed E-state index contributed by atoms with van der Waals surface area (Å²) in [6.45, 7) is 2.34. The summed E-state index contributed by atoms with van der Waals surface area (Å²) in [5.74, 6) is -0.198. The van der Waals surface area contributed by atoms with Crippen LogP contribution in [0.3, 0.4) is 0 Å². The molecule has 1 aromatic carbocycles. The number of carbonyl (C=O) groups is 1. The highest BCUT2D eigenvalue weighted by atomic mass is 79.9. The molecule has 0 heterocycles. The molecule has 1 atom stereocenters. The lowest BCUT2D eigenvalue weighted by Crippen LogP contribution is -2.35. The van der Waals surface area contributed by atoms with Gasteiger partial charge in [0.25, 0.3) is 5.91 Å². The summed E-state index contributed by atoms with van der Waals surface area (Å²) < 4.78 is 5.76. The van der Waals surface area contributed by atoms with E-state index in [1.54, 1.807) is 25.3 Å². The molecule has 1 aromatic rings. The molecule has 0 fully saturated rings. The number of amides is 1. The van der Waals surface area contributed by atoms with Crippen molar-refractivity contribution in [3.8, 4) is 0 Å². The Morgan fingerprint density at radius 2 is 2.31 bits per heavy atom. The van der Waals surface area contributed by atoms with Gasteiger partial charge in [-0.3, -0.25) is 4.79 Å². The van der Waals surface area contributed by atoms with E-state index in [4.69, 9.17) is 16.3 Å². The minimum atomic E-state index is -0.198. The van der Waals surface area contributed by atoms with Crippen molar-refractivity contribution in [1.82, 2.24) is 5.32 Å². The molecule has 0 aliphatic carbocycles. The molecule has 0 saturated carbocycles. The number of nitrogens with one attached hydrogen (secondary N) is 1. The predicted molar refractivity (Wildman–Crippen MR) is 68.0 cm³/mol. The molecule has 0 bridgehead atoms. The third-order valence-electron chi connectivity index (χ3n) is 1.97. The Morgan fingerprint density at radius 3 is 2.94 bits per heavy atom. The Balaban J connectivity index is 2.76. The normalized spacial score (nSPS) is 12.2. The van der Waals surface area contributed by atoms with Crippen LogP contribution in [0, 0.1) is 0 Å². The zero-order chi connectivity index (χ0) is 12.1. The van der Waals surface area contributed by atoms with Gasteiger partial charge in [0.15, 0.2) is 0 Å². The minimum Gasteiger partial charge on any atom is -0.383 e. The number of halogens is 2. The van der Waals surface area contributed by atoms with Crippen LogP contribution >= 0.6 is 27.5 Å². The average Bonchev–Trinajstić information content (AvgIpc) is 2.21. The van der Waals surface area contributed by atoms with E-state index in [0.717, 1.165) is 4.47 Å². The molecule has 0 aliphatic rings. The number of methoxy groups -OCH3 is 1. The van der Waals surface area contributed by atoms with Crippen molar-refractivity contribution >= 4 is 33.4 Å². The van der Waals surface area contributed by atoms with Gasteiger partial charge in [0, 0.05) is 17.6 Å². The summed E-state index contributed by atoms with van der Waals surface area (Å²) in [6, 6.07) is 5.11. The summed E-state index contributed by atoms with van der Waals surface area (Å²) >= 11 is 9.24. The second-order valence-corrected chi connectivity index (χ2v) is 4.78. The smallest absolute Gasteiger partial charge is 0.253 e. The topological polar surface area (TPSA) is 38.3 Å². The molecule has 0 saturated heterocycles. The maximum Gasteiger partial charge on any atom is 0.253 e. The van der Waals surface area contributed by atoms with Crippen LogP contribution in [-0.2, 0) is 4.74 Å². The third-order valence-corrected chi connectivity index (χ3v) is 2.79. The number of hydrogen-bond donors (Lipinski definition) is 1. The van der Waals surface area contributed by atoms with Gasteiger partial charge in [-0.25, -0.2) is 0 Å². The highest BCUT2D eigenvalue weighted by molar-refractivity contribution is 9.10. The van der Waals surface area contributed by atoms with Crippen LogP contribution in [-0.4, -0.2) is 25.7 Å². The zero-order valence-electron chi connectivity index (χ0n) is 9.09. The van der Waals surface area contributed by atoms with E-state index in [1.807, 2.05) is 6.92 Å². The maximum atomic E-state index is 11.8. The third kappa shape index (κ3) is 3.77. The first kappa shape index (κ1) is 13.5. The highest BCUT2D eigenvalue weighted by Gasteiger charge is 2.13. The molecule has 0 radical (unpaired) electrons. The fourth-order valence-corrected chi connectivity index (χ4v) is 1.83. The number of ether oxygens (including phenoxy) is 1. The molecule has 1 rings (SSSR count). The minimum absolute atomic E-state index is 0.0486. The molecular formula is C11H13BrClNO2. The van der Waals surface area contributed by atoms with Crippen LogP contribution in [0.15, 0.2) is 22.7 Å². The Labute approximate surface area is 108 Å². The quantitative estimate of drug-likeness (QED) is 0.929. The lowest BCUT2D eigenvalue weighted by Gasteiger charge is -2.13. The molecule has 0 aliphatic heterocycles. The maximum absolute atomic E-state index is 11.8. The lowest BCUT2D eigenvalue weighted by molar-refractivity contribution is 0.0905. The molecule has 0 spiro atoms. The molecule has 1 unspecified atom stereocenters. The number of carbonyl (C=O) groups excluding carboxylic acids is 1.